The van der Waals surface area contributed by atoms with Crippen molar-refractivity contribution in [2.75, 3.05) is 44.3 Å². The molecule has 1 aliphatic heterocycles. The van der Waals surface area contributed by atoms with E-state index in [0.29, 0.717) is 13.0 Å². The van der Waals surface area contributed by atoms with Gasteiger partial charge in [-0.15, -0.1) is 0 Å². The average molecular weight is 411 g/mol. The summed E-state index contributed by atoms with van der Waals surface area (Å²) in [5, 5.41) is 0.814. The van der Waals surface area contributed by atoms with Gasteiger partial charge in [0.05, 0.1) is 42.9 Å². The Bertz CT molecular complexity index is 951. The van der Waals surface area contributed by atoms with Crippen LogP contribution in [0.25, 0.3) is 10.2 Å². The van der Waals surface area contributed by atoms with Crippen molar-refractivity contribution in [2.45, 2.75) is 19.8 Å². The van der Waals surface area contributed by atoms with Crippen LogP contribution in [0.15, 0.2) is 48.5 Å². The Balaban J connectivity index is 1.59. The van der Waals surface area contributed by atoms with Crippen LogP contribution in [0.2, 0.25) is 0 Å². The third-order valence-electron chi connectivity index (χ3n) is 5.49. The molecule has 2 heterocycles. The molecule has 1 amide bonds. The Morgan fingerprint density at radius 1 is 1.14 bits per heavy atom. The highest BCUT2D eigenvalue weighted by Gasteiger charge is 2.23. The number of amides is 1. The average Bonchev–Trinajstić information content (AvgIpc) is 3.19. The number of carbonyl (C=O) groups excluding carboxylic acids is 1. The molecule has 29 heavy (non-hydrogen) atoms. The molecule has 152 valence electrons. The largest absolute Gasteiger partial charge is 0.370 e. The molecule has 5 nitrogen and oxygen atoms in total. The lowest BCUT2D eigenvalue weighted by Gasteiger charge is -2.27. The predicted octanol–water partition coefficient (Wildman–Crippen LogP) is 2.35. The Labute approximate surface area is 175 Å². The molecule has 1 aliphatic rings. The molecule has 0 unspecified atom stereocenters. The molecule has 2 aromatic carbocycles. The van der Waals surface area contributed by atoms with E-state index in [-0.39, 0.29) is 5.91 Å². The summed E-state index contributed by atoms with van der Waals surface area (Å²) in [6.45, 7) is 7.35. The zero-order chi connectivity index (χ0) is 20.1. The first-order valence-electron chi connectivity index (χ1n) is 10.4. The molecule has 0 spiro atoms. The zero-order valence-corrected chi connectivity index (χ0v) is 17.7. The number of thiazole rings is 1. The highest BCUT2D eigenvalue weighted by molar-refractivity contribution is 7.22. The summed E-state index contributed by atoms with van der Waals surface area (Å²) < 4.78 is 6.62. The van der Waals surface area contributed by atoms with Crippen molar-refractivity contribution >= 4 is 32.6 Å². The number of morpholine rings is 1. The number of benzene rings is 2. The molecule has 0 atom stereocenters. The highest BCUT2D eigenvalue weighted by atomic mass is 32.1. The number of rotatable bonds is 7. The summed E-state index contributed by atoms with van der Waals surface area (Å²) in [6.07, 6.45) is 1.34. The predicted molar refractivity (Wildman–Crippen MR) is 118 cm³/mol. The maximum atomic E-state index is 13.3. The van der Waals surface area contributed by atoms with E-state index in [2.05, 4.69) is 25.1 Å². The van der Waals surface area contributed by atoms with E-state index >= 15 is 0 Å². The minimum atomic E-state index is 0.112. The Hall–Kier alpha value is -2.28. The van der Waals surface area contributed by atoms with E-state index in [1.165, 1.54) is 10.5 Å². The quantitative estimate of drug-likeness (QED) is 0.650. The Morgan fingerprint density at radius 2 is 1.93 bits per heavy atom. The zero-order valence-electron chi connectivity index (χ0n) is 16.9. The second kappa shape index (κ2) is 9.48. The number of hydrogen-bond acceptors (Lipinski definition) is 4. The van der Waals surface area contributed by atoms with Crippen molar-refractivity contribution < 1.29 is 14.4 Å². The number of aromatic nitrogens is 1. The molecule has 1 N–H and O–H groups in total. The van der Waals surface area contributed by atoms with Crippen molar-refractivity contribution in [3.8, 4) is 0 Å². The standard InChI is InChI=1S/C23H27N3O2S/c1-2-19-9-6-10-20-22(19)24-23(29-20)26(12-11-25-13-15-28-16-14-25)21(27)17-18-7-4-3-5-8-18/h3-10H,2,11-17H2,1H3/p+1. The van der Waals surface area contributed by atoms with Gasteiger partial charge < -0.3 is 9.64 Å². The number of carbonyl (C=O) groups is 1. The van der Waals surface area contributed by atoms with Gasteiger partial charge >= 0.3 is 0 Å². The SMILES string of the molecule is CCc1cccc2sc(N(CC[NH+]3CCOCC3)C(=O)Cc3ccccc3)nc12. The van der Waals surface area contributed by atoms with Gasteiger partial charge in [-0.3, -0.25) is 9.69 Å². The van der Waals surface area contributed by atoms with Crippen molar-refractivity contribution in [1.29, 1.82) is 0 Å². The van der Waals surface area contributed by atoms with Crippen molar-refractivity contribution in [3.05, 3.63) is 59.7 Å². The van der Waals surface area contributed by atoms with Crippen LogP contribution < -0.4 is 9.80 Å². The van der Waals surface area contributed by atoms with Gasteiger partial charge in [-0.25, -0.2) is 4.98 Å². The lowest BCUT2D eigenvalue weighted by Crippen LogP contribution is -3.14. The second-order valence-electron chi connectivity index (χ2n) is 7.43. The van der Waals surface area contributed by atoms with Crippen LogP contribution in [-0.4, -0.2) is 50.3 Å². The van der Waals surface area contributed by atoms with E-state index in [1.807, 2.05) is 35.2 Å². The van der Waals surface area contributed by atoms with Crippen LogP contribution in [0, 0.1) is 0 Å². The smallest absolute Gasteiger partial charge is 0.233 e. The van der Waals surface area contributed by atoms with Crippen LogP contribution in [0.3, 0.4) is 0 Å². The minimum Gasteiger partial charge on any atom is -0.370 e. The van der Waals surface area contributed by atoms with Gasteiger partial charge in [0, 0.05) is 0 Å². The number of fused-ring (bicyclic) bond motifs is 1. The monoisotopic (exact) mass is 410 g/mol. The molecular formula is C23H28N3O2S+. The summed E-state index contributed by atoms with van der Waals surface area (Å²) >= 11 is 1.62. The summed E-state index contributed by atoms with van der Waals surface area (Å²) in [6, 6.07) is 16.3. The van der Waals surface area contributed by atoms with Gasteiger partial charge in [0.2, 0.25) is 5.91 Å². The molecule has 0 radical (unpaired) electrons. The van der Waals surface area contributed by atoms with Crippen molar-refractivity contribution in [2.24, 2.45) is 0 Å². The van der Waals surface area contributed by atoms with Crippen LogP contribution in [-0.2, 0) is 22.4 Å². The number of ether oxygens (including phenoxy) is 1. The van der Waals surface area contributed by atoms with E-state index in [0.717, 1.165) is 60.2 Å². The van der Waals surface area contributed by atoms with Gasteiger partial charge in [0.15, 0.2) is 5.13 Å². The third kappa shape index (κ3) is 4.83. The van der Waals surface area contributed by atoms with Gasteiger partial charge in [-0.1, -0.05) is 60.7 Å². The van der Waals surface area contributed by atoms with Crippen molar-refractivity contribution in [1.82, 2.24) is 4.98 Å². The fourth-order valence-electron chi connectivity index (χ4n) is 3.77. The van der Waals surface area contributed by atoms with Crippen LogP contribution in [0.1, 0.15) is 18.1 Å². The maximum Gasteiger partial charge on any atom is 0.233 e. The van der Waals surface area contributed by atoms with E-state index in [4.69, 9.17) is 9.72 Å². The number of para-hydroxylation sites is 1. The van der Waals surface area contributed by atoms with Crippen LogP contribution >= 0.6 is 11.3 Å². The fourth-order valence-corrected chi connectivity index (χ4v) is 4.82. The van der Waals surface area contributed by atoms with Crippen molar-refractivity contribution in [3.63, 3.8) is 0 Å². The molecule has 0 saturated carbocycles. The number of hydrogen-bond donors (Lipinski definition) is 1. The van der Waals surface area contributed by atoms with E-state index < -0.39 is 0 Å². The van der Waals surface area contributed by atoms with Gasteiger partial charge in [-0.2, -0.15) is 0 Å². The number of aryl methyl sites for hydroxylation is 1. The molecule has 1 saturated heterocycles. The van der Waals surface area contributed by atoms with Crippen LogP contribution in [0.5, 0.6) is 0 Å². The lowest BCUT2D eigenvalue weighted by atomic mass is 10.1. The first-order valence-corrected chi connectivity index (χ1v) is 11.2. The second-order valence-corrected chi connectivity index (χ2v) is 8.44. The van der Waals surface area contributed by atoms with E-state index in [9.17, 15) is 4.79 Å². The molecule has 0 bridgehead atoms. The third-order valence-corrected chi connectivity index (χ3v) is 6.53. The Morgan fingerprint density at radius 3 is 2.69 bits per heavy atom. The summed E-state index contributed by atoms with van der Waals surface area (Å²) in [5.74, 6) is 0.112. The lowest BCUT2D eigenvalue weighted by molar-refractivity contribution is -0.906. The first kappa shape index (κ1) is 20.0. The molecule has 1 aromatic heterocycles. The normalized spacial score (nSPS) is 14.9. The summed E-state index contributed by atoms with van der Waals surface area (Å²) in [7, 11) is 0. The first-order chi connectivity index (χ1) is 14.2. The van der Waals surface area contributed by atoms with Gasteiger partial charge in [-0.05, 0) is 23.6 Å². The molecular weight excluding hydrogens is 382 g/mol. The van der Waals surface area contributed by atoms with Gasteiger partial charge in [0.1, 0.15) is 13.1 Å². The number of quaternary nitrogens is 1. The molecule has 0 aliphatic carbocycles. The summed E-state index contributed by atoms with van der Waals surface area (Å²) in [5.41, 5.74) is 3.31. The topological polar surface area (TPSA) is 46.9 Å². The van der Waals surface area contributed by atoms with Crippen LogP contribution in [0.4, 0.5) is 5.13 Å². The molecule has 4 rings (SSSR count). The molecule has 6 heteroatoms. The molecule has 3 aromatic rings. The maximum absolute atomic E-state index is 13.3. The highest BCUT2D eigenvalue weighted by Crippen LogP contribution is 2.31. The fraction of sp³-hybridized carbons (Fsp3) is 0.391. The number of anilines is 1. The minimum absolute atomic E-state index is 0.112. The van der Waals surface area contributed by atoms with E-state index in [1.54, 1.807) is 11.3 Å². The Kier molecular flexibility index (Phi) is 6.54. The number of nitrogens with one attached hydrogen (secondary N) is 1. The molecule has 1 fully saturated rings. The van der Waals surface area contributed by atoms with Gasteiger partial charge in [0.25, 0.3) is 0 Å². The number of nitrogens with zero attached hydrogens (tertiary/aromatic N) is 2. The summed E-state index contributed by atoms with van der Waals surface area (Å²) in [4.78, 5) is 21.6.